The lowest BCUT2D eigenvalue weighted by atomic mass is 10.1. The zero-order valence-electron chi connectivity index (χ0n) is 13.9. The van der Waals surface area contributed by atoms with Gasteiger partial charge in [-0.25, -0.2) is 19.7 Å². The molecule has 126 valence electrons. The molecule has 1 aliphatic heterocycles. The van der Waals surface area contributed by atoms with E-state index >= 15 is 0 Å². The molecule has 0 atom stereocenters. The molecule has 2 aliphatic rings. The lowest BCUT2D eigenvalue weighted by Crippen LogP contribution is -2.31. The number of allylic oxidation sites excluding steroid dienone is 4. The van der Waals surface area contributed by atoms with Gasteiger partial charge in [0.25, 0.3) is 0 Å². The van der Waals surface area contributed by atoms with E-state index in [1.54, 1.807) is 17.2 Å². The van der Waals surface area contributed by atoms with Gasteiger partial charge in [0, 0.05) is 11.8 Å². The summed E-state index contributed by atoms with van der Waals surface area (Å²) in [5.74, 6) is 1.09. The van der Waals surface area contributed by atoms with Crippen LogP contribution in [0.3, 0.4) is 0 Å². The predicted octanol–water partition coefficient (Wildman–Crippen LogP) is 2.65. The van der Waals surface area contributed by atoms with Gasteiger partial charge in [-0.2, -0.15) is 0 Å². The summed E-state index contributed by atoms with van der Waals surface area (Å²) in [6.07, 6.45) is 8.69. The quantitative estimate of drug-likeness (QED) is 0.880. The number of carbonyl (C=O) groups excluding carboxylic acids is 1. The van der Waals surface area contributed by atoms with Crippen LogP contribution in [-0.4, -0.2) is 25.9 Å². The number of amides is 2. The van der Waals surface area contributed by atoms with Gasteiger partial charge >= 0.3 is 6.03 Å². The number of anilines is 2. The first-order valence-electron chi connectivity index (χ1n) is 8.10. The van der Waals surface area contributed by atoms with Crippen LogP contribution in [-0.2, 0) is 13.1 Å². The van der Waals surface area contributed by atoms with Crippen LogP contribution < -0.4 is 11.1 Å². The molecule has 0 saturated carbocycles. The minimum absolute atomic E-state index is 0.245. The summed E-state index contributed by atoms with van der Waals surface area (Å²) in [6.45, 7) is 2.78. The number of aryl methyl sites for hydroxylation is 1. The van der Waals surface area contributed by atoms with Gasteiger partial charge in [-0.3, -0.25) is 5.32 Å². The van der Waals surface area contributed by atoms with Gasteiger partial charge < -0.3 is 10.6 Å². The summed E-state index contributed by atoms with van der Waals surface area (Å²) in [6, 6.07) is 3.39. The van der Waals surface area contributed by atoms with Crippen molar-refractivity contribution in [3.63, 3.8) is 0 Å². The van der Waals surface area contributed by atoms with Crippen molar-refractivity contribution in [1.29, 1.82) is 0 Å². The number of nitrogens with one attached hydrogen (secondary N) is 1. The Labute approximate surface area is 145 Å². The number of urea groups is 1. The zero-order chi connectivity index (χ0) is 17.4. The van der Waals surface area contributed by atoms with Gasteiger partial charge in [0.05, 0.1) is 30.2 Å². The van der Waals surface area contributed by atoms with Crippen LogP contribution in [0.5, 0.6) is 0 Å². The van der Waals surface area contributed by atoms with Crippen LogP contribution in [0.2, 0.25) is 0 Å². The van der Waals surface area contributed by atoms with Crippen LogP contribution in [0, 0.1) is 6.92 Å². The van der Waals surface area contributed by atoms with Gasteiger partial charge in [-0.15, -0.1) is 0 Å². The lowest BCUT2D eigenvalue weighted by Gasteiger charge is -2.17. The molecule has 2 aromatic rings. The van der Waals surface area contributed by atoms with E-state index in [0.29, 0.717) is 30.4 Å². The number of aromatic nitrogens is 3. The Morgan fingerprint density at radius 2 is 2.16 bits per heavy atom. The van der Waals surface area contributed by atoms with Crippen molar-refractivity contribution < 1.29 is 4.79 Å². The Bertz CT molecular complexity index is 918. The fourth-order valence-corrected chi connectivity index (χ4v) is 2.96. The SMILES string of the molecule is Cc1ncc2c(n1)CN(C(=O)Nc1nc(C3=CC=CC3)ccc1N)C2. The number of hydrogen-bond acceptors (Lipinski definition) is 5. The van der Waals surface area contributed by atoms with Crippen LogP contribution in [0.15, 0.2) is 36.6 Å². The average Bonchev–Trinajstić information content (AvgIpc) is 3.25. The van der Waals surface area contributed by atoms with Crippen LogP contribution in [0.25, 0.3) is 5.57 Å². The van der Waals surface area contributed by atoms with Crippen LogP contribution >= 0.6 is 0 Å². The number of rotatable bonds is 2. The second kappa shape index (κ2) is 6.01. The minimum atomic E-state index is -0.245. The molecule has 0 saturated heterocycles. The third kappa shape index (κ3) is 2.96. The van der Waals surface area contributed by atoms with Crippen molar-refractivity contribution in [3.05, 3.63) is 59.3 Å². The molecule has 1 aliphatic carbocycles. The molecular weight excluding hydrogens is 316 g/mol. The molecule has 7 nitrogen and oxygen atoms in total. The fourth-order valence-electron chi connectivity index (χ4n) is 2.96. The largest absolute Gasteiger partial charge is 0.396 e. The molecule has 0 fully saturated rings. The smallest absolute Gasteiger partial charge is 0.323 e. The van der Waals surface area contributed by atoms with Crippen molar-refractivity contribution >= 4 is 23.1 Å². The maximum Gasteiger partial charge on any atom is 0.323 e. The van der Waals surface area contributed by atoms with E-state index in [-0.39, 0.29) is 6.03 Å². The number of hydrogen-bond donors (Lipinski definition) is 2. The molecule has 0 bridgehead atoms. The zero-order valence-corrected chi connectivity index (χ0v) is 13.9. The molecule has 25 heavy (non-hydrogen) atoms. The molecule has 0 radical (unpaired) electrons. The molecule has 0 aromatic carbocycles. The van der Waals surface area contributed by atoms with E-state index in [9.17, 15) is 4.79 Å². The first kappa shape index (κ1) is 15.3. The molecule has 4 rings (SSSR count). The van der Waals surface area contributed by atoms with Gasteiger partial charge in [0.2, 0.25) is 0 Å². The standard InChI is InChI=1S/C18H18N6O/c1-11-20-8-13-9-24(10-16(13)21-11)18(25)23-17-14(19)6-7-15(22-17)12-4-2-3-5-12/h2-4,6-8H,5,9-10,19H2,1H3,(H,22,23,25). The fraction of sp³-hybridized carbons (Fsp3) is 0.222. The first-order chi connectivity index (χ1) is 12.1. The molecule has 2 amide bonds. The number of carbonyl (C=O) groups is 1. The number of pyridine rings is 1. The molecule has 7 heteroatoms. The highest BCUT2D eigenvalue weighted by molar-refractivity contribution is 5.92. The van der Waals surface area contributed by atoms with E-state index in [0.717, 1.165) is 28.9 Å². The molecule has 0 spiro atoms. The van der Waals surface area contributed by atoms with E-state index in [1.807, 2.05) is 25.1 Å². The highest BCUT2D eigenvalue weighted by Gasteiger charge is 2.25. The number of fused-ring (bicyclic) bond motifs is 1. The molecule has 3 N–H and O–H groups in total. The topological polar surface area (TPSA) is 97.0 Å². The van der Waals surface area contributed by atoms with E-state index in [4.69, 9.17) is 5.73 Å². The van der Waals surface area contributed by atoms with Gasteiger partial charge in [-0.1, -0.05) is 18.2 Å². The number of nitrogens with two attached hydrogens (primary N) is 1. The summed E-state index contributed by atoms with van der Waals surface area (Å²) < 4.78 is 0. The van der Waals surface area contributed by atoms with Crippen LogP contribution in [0.4, 0.5) is 16.3 Å². The Kier molecular flexibility index (Phi) is 3.68. The maximum atomic E-state index is 12.6. The van der Waals surface area contributed by atoms with E-state index in [2.05, 4.69) is 26.3 Å². The number of nitrogen functional groups attached to an aromatic ring is 1. The second-order valence-corrected chi connectivity index (χ2v) is 6.13. The Balaban J connectivity index is 1.51. The van der Waals surface area contributed by atoms with Crippen molar-refractivity contribution in [2.24, 2.45) is 0 Å². The lowest BCUT2D eigenvalue weighted by molar-refractivity contribution is 0.212. The summed E-state index contributed by atoms with van der Waals surface area (Å²) in [7, 11) is 0. The predicted molar refractivity (Wildman–Crippen MR) is 95.4 cm³/mol. The Hall–Kier alpha value is -3.22. The Morgan fingerprint density at radius 3 is 2.96 bits per heavy atom. The Morgan fingerprint density at radius 1 is 1.28 bits per heavy atom. The summed E-state index contributed by atoms with van der Waals surface area (Å²) in [5.41, 5.74) is 10.2. The van der Waals surface area contributed by atoms with Crippen LogP contribution in [0.1, 0.15) is 29.2 Å². The molecule has 3 heterocycles. The molecule has 0 unspecified atom stereocenters. The maximum absolute atomic E-state index is 12.6. The first-order valence-corrected chi connectivity index (χ1v) is 8.10. The highest BCUT2D eigenvalue weighted by Crippen LogP contribution is 2.26. The third-order valence-corrected chi connectivity index (χ3v) is 4.32. The third-order valence-electron chi connectivity index (χ3n) is 4.32. The highest BCUT2D eigenvalue weighted by atomic mass is 16.2. The molecule has 2 aromatic heterocycles. The molecular formula is C18H18N6O. The van der Waals surface area contributed by atoms with Crippen molar-refractivity contribution in [1.82, 2.24) is 19.9 Å². The second-order valence-electron chi connectivity index (χ2n) is 6.13. The van der Waals surface area contributed by atoms with E-state index in [1.165, 1.54) is 0 Å². The van der Waals surface area contributed by atoms with Crippen molar-refractivity contribution in [3.8, 4) is 0 Å². The van der Waals surface area contributed by atoms with Crippen molar-refractivity contribution in [2.45, 2.75) is 26.4 Å². The average molecular weight is 334 g/mol. The summed E-state index contributed by atoms with van der Waals surface area (Å²) in [4.78, 5) is 27.3. The monoisotopic (exact) mass is 334 g/mol. The minimum Gasteiger partial charge on any atom is -0.396 e. The summed E-state index contributed by atoms with van der Waals surface area (Å²) in [5, 5.41) is 2.82. The van der Waals surface area contributed by atoms with Gasteiger partial charge in [-0.05, 0) is 31.1 Å². The normalized spacial score (nSPS) is 15.2. The summed E-state index contributed by atoms with van der Waals surface area (Å²) >= 11 is 0. The van der Waals surface area contributed by atoms with Crippen molar-refractivity contribution in [2.75, 3.05) is 11.1 Å². The number of nitrogens with zero attached hydrogens (tertiary/aromatic N) is 4. The van der Waals surface area contributed by atoms with E-state index < -0.39 is 0 Å². The van der Waals surface area contributed by atoms with Gasteiger partial charge in [0.15, 0.2) is 5.82 Å². The van der Waals surface area contributed by atoms with Gasteiger partial charge in [0.1, 0.15) is 5.82 Å².